The summed E-state index contributed by atoms with van der Waals surface area (Å²) in [5.74, 6) is -0.661. The van der Waals surface area contributed by atoms with Crippen LogP contribution in [0.4, 0.5) is 4.39 Å². The number of alkyl halides is 1. The molecule has 72 valence electrons. The van der Waals surface area contributed by atoms with Gasteiger partial charge in [-0.1, -0.05) is 0 Å². The van der Waals surface area contributed by atoms with Gasteiger partial charge in [-0.15, -0.1) is 0 Å². The Morgan fingerprint density at radius 1 is 1.85 bits per heavy atom. The third kappa shape index (κ3) is 1.95. The van der Waals surface area contributed by atoms with E-state index < -0.39 is 11.6 Å². The normalized spacial score (nSPS) is 26.8. The second kappa shape index (κ2) is 3.71. The van der Waals surface area contributed by atoms with Gasteiger partial charge in [0.15, 0.2) is 0 Å². The molecule has 1 aliphatic rings. The Hall–Kier alpha value is -1.15. The van der Waals surface area contributed by atoms with Gasteiger partial charge in [0.1, 0.15) is 6.54 Å². The molecule has 1 unspecified atom stereocenters. The van der Waals surface area contributed by atoms with Crippen molar-refractivity contribution < 1.29 is 13.9 Å². The Morgan fingerprint density at radius 2 is 2.54 bits per heavy atom. The van der Waals surface area contributed by atoms with Crippen LogP contribution in [0.5, 0.6) is 0 Å². The third-order valence-corrected chi connectivity index (χ3v) is 2.01. The summed E-state index contributed by atoms with van der Waals surface area (Å²) in [5, 5.41) is 8.31. The Balaban J connectivity index is 2.61. The minimum atomic E-state index is -1.91. The highest BCUT2D eigenvalue weighted by molar-refractivity contribution is 5.85. The molecule has 0 N–H and O–H groups in total. The summed E-state index contributed by atoms with van der Waals surface area (Å²) in [6.07, 6.45) is 0.0849. The van der Waals surface area contributed by atoms with E-state index in [0.717, 1.165) is 4.90 Å². The van der Waals surface area contributed by atoms with Gasteiger partial charge < -0.3 is 9.64 Å². The zero-order valence-electron chi connectivity index (χ0n) is 7.42. The van der Waals surface area contributed by atoms with E-state index in [1.165, 1.54) is 7.05 Å². The molecule has 0 saturated carbocycles. The van der Waals surface area contributed by atoms with Crippen LogP contribution in [0.25, 0.3) is 0 Å². The van der Waals surface area contributed by atoms with Crippen LogP contribution in [0, 0.1) is 11.3 Å². The van der Waals surface area contributed by atoms with Crippen molar-refractivity contribution in [3.05, 3.63) is 0 Å². The van der Waals surface area contributed by atoms with Gasteiger partial charge in [0.25, 0.3) is 5.91 Å². The Labute approximate surface area is 75.9 Å². The molecular formula is C8H11FN2O2. The fraction of sp³-hybridized carbons (Fsp3) is 0.750. The standard InChI is InChI=1S/C8H11FN2O2/c1-11(4-3-10)7(12)8(9)2-5-13-6-8/h2,4-6H2,1H3. The molecule has 1 fully saturated rings. The van der Waals surface area contributed by atoms with Crippen molar-refractivity contribution >= 4 is 5.91 Å². The van der Waals surface area contributed by atoms with E-state index in [0.29, 0.717) is 0 Å². The molecule has 1 amide bonds. The van der Waals surface area contributed by atoms with Gasteiger partial charge in [0.05, 0.1) is 19.3 Å². The van der Waals surface area contributed by atoms with E-state index in [4.69, 9.17) is 10.00 Å². The fourth-order valence-electron chi connectivity index (χ4n) is 1.23. The molecule has 0 aromatic heterocycles. The molecule has 1 aliphatic heterocycles. The summed E-state index contributed by atoms with van der Waals surface area (Å²) in [4.78, 5) is 12.5. The molecule has 1 rings (SSSR count). The van der Waals surface area contributed by atoms with Gasteiger partial charge >= 0.3 is 0 Å². The van der Waals surface area contributed by atoms with Crippen LogP contribution in [0.1, 0.15) is 6.42 Å². The van der Waals surface area contributed by atoms with Crippen LogP contribution in [-0.4, -0.2) is 43.3 Å². The highest BCUT2D eigenvalue weighted by Gasteiger charge is 2.44. The predicted octanol–water partition coefficient (Wildman–Crippen LogP) is 0.0970. The molecule has 13 heavy (non-hydrogen) atoms. The lowest BCUT2D eigenvalue weighted by Crippen LogP contribution is -2.44. The topological polar surface area (TPSA) is 53.3 Å². The summed E-state index contributed by atoms with van der Waals surface area (Å²) >= 11 is 0. The number of carbonyl (C=O) groups is 1. The quantitative estimate of drug-likeness (QED) is 0.574. The van der Waals surface area contributed by atoms with E-state index in [9.17, 15) is 9.18 Å². The first-order valence-electron chi connectivity index (χ1n) is 3.99. The van der Waals surface area contributed by atoms with Crippen LogP contribution in [0.2, 0.25) is 0 Å². The van der Waals surface area contributed by atoms with Crippen molar-refractivity contribution in [3.8, 4) is 6.07 Å². The maximum atomic E-state index is 13.7. The highest BCUT2D eigenvalue weighted by atomic mass is 19.1. The minimum Gasteiger partial charge on any atom is -0.377 e. The molecule has 4 nitrogen and oxygen atoms in total. The summed E-state index contributed by atoms with van der Waals surface area (Å²) < 4.78 is 18.5. The van der Waals surface area contributed by atoms with Crippen molar-refractivity contribution in [2.45, 2.75) is 12.1 Å². The average molecular weight is 186 g/mol. The van der Waals surface area contributed by atoms with E-state index in [-0.39, 0.29) is 26.2 Å². The van der Waals surface area contributed by atoms with Gasteiger partial charge in [-0.25, -0.2) is 4.39 Å². The third-order valence-electron chi connectivity index (χ3n) is 2.01. The number of ether oxygens (including phenoxy) is 1. The number of hydrogen-bond acceptors (Lipinski definition) is 3. The fourth-order valence-corrected chi connectivity index (χ4v) is 1.23. The highest BCUT2D eigenvalue weighted by Crippen LogP contribution is 2.25. The van der Waals surface area contributed by atoms with E-state index in [1.54, 1.807) is 6.07 Å². The largest absolute Gasteiger partial charge is 0.377 e. The molecule has 1 atom stereocenters. The van der Waals surface area contributed by atoms with E-state index in [1.807, 2.05) is 0 Å². The Bertz CT molecular complexity index is 243. The SMILES string of the molecule is CN(CC#N)C(=O)C1(F)CCOC1. The smallest absolute Gasteiger partial charge is 0.263 e. The number of amides is 1. The lowest BCUT2D eigenvalue weighted by molar-refractivity contribution is -0.142. The van der Waals surface area contributed by atoms with Crippen LogP contribution in [-0.2, 0) is 9.53 Å². The Morgan fingerprint density at radius 3 is 3.00 bits per heavy atom. The van der Waals surface area contributed by atoms with Crippen molar-refractivity contribution in [1.29, 1.82) is 5.26 Å². The maximum Gasteiger partial charge on any atom is 0.263 e. The average Bonchev–Trinajstić information content (AvgIpc) is 2.52. The zero-order valence-corrected chi connectivity index (χ0v) is 7.42. The molecule has 0 spiro atoms. The number of nitriles is 1. The molecule has 0 aliphatic carbocycles. The summed E-state index contributed by atoms with van der Waals surface area (Å²) in [5.41, 5.74) is -1.91. The Kier molecular flexibility index (Phi) is 2.83. The zero-order chi connectivity index (χ0) is 9.90. The summed E-state index contributed by atoms with van der Waals surface area (Å²) in [7, 11) is 1.41. The molecular weight excluding hydrogens is 175 g/mol. The van der Waals surface area contributed by atoms with Crippen LogP contribution in [0.15, 0.2) is 0 Å². The van der Waals surface area contributed by atoms with Crippen molar-refractivity contribution in [3.63, 3.8) is 0 Å². The lowest BCUT2D eigenvalue weighted by atomic mass is 10.0. The molecule has 1 saturated heterocycles. The summed E-state index contributed by atoms with van der Waals surface area (Å²) in [6.45, 7) is -0.0191. The van der Waals surface area contributed by atoms with Crippen LogP contribution >= 0.6 is 0 Å². The van der Waals surface area contributed by atoms with E-state index in [2.05, 4.69) is 0 Å². The summed E-state index contributed by atoms with van der Waals surface area (Å²) in [6, 6.07) is 1.79. The lowest BCUT2D eigenvalue weighted by Gasteiger charge is -2.22. The molecule has 1 heterocycles. The molecule has 0 bridgehead atoms. The van der Waals surface area contributed by atoms with Gasteiger partial charge in [-0.05, 0) is 0 Å². The van der Waals surface area contributed by atoms with Gasteiger partial charge in [0.2, 0.25) is 5.67 Å². The first-order valence-corrected chi connectivity index (χ1v) is 3.99. The van der Waals surface area contributed by atoms with Gasteiger partial charge in [-0.2, -0.15) is 5.26 Å². The second-order valence-electron chi connectivity index (χ2n) is 3.09. The van der Waals surface area contributed by atoms with Crippen molar-refractivity contribution in [2.75, 3.05) is 26.8 Å². The molecule has 0 radical (unpaired) electrons. The van der Waals surface area contributed by atoms with Crippen molar-refractivity contribution in [1.82, 2.24) is 4.90 Å². The molecule has 0 aromatic carbocycles. The number of hydrogen-bond donors (Lipinski definition) is 0. The second-order valence-corrected chi connectivity index (χ2v) is 3.09. The monoisotopic (exact) mass is 186 g/mol. The van der Waals surface area contributed by atoms with Gasteiger partial charge in [-0.3, -0.25) is 4.79 Å². The number of nitrogens with zero attached hydrogens (tertiary/aromatic N) is 2. The number of halogens is 1. The molecule has 0 aromatic rings. The maximum absolute atomic E-state index is 13.7. The minimum absolute atomic E-state index is 0.0849. The van der Waals surface area contributed by atoms with Crippen LogP contribution in [0.3, 0.4) is 0 Å². The first kappa shape index (κ1) is 9.93. The van der Waals surface area contributed by atoms with Gasteiger partial charge in [0, 0.05) is 13.5 Å². The van der Waals surface area contributed by atoms with Crippen LogP contribution < -0.4 is 0 Å². The number of carbonyl (C=O) groups excluding carboxylic acids is 1. The first-order chi connectivity index (χ1) is 6.10. The predicted molar refractivity (Wildman–Crippen MR) is 42.5 cm³/mol. The molecule has 5 heteroatoms. The van der Waals surface area contributed by atoms with E-state index >= 15 is 0 Å². The van der Waals surface area contributed by atoms with Crippen molar-refractivity contribution in [2.24, 2.45) is 0 Å². The number of rotatable bonds is 2.